The predicted molar refractivity (Wildman–Crippen MR) is 57.3 cm³/mol. The molecule has 1 aliphatic heterocycles. The summed E-state index contributed by atoms with van der Waals surface area (Å²) in [5, 5.41) is 0. The second kappa shape index (κ2) is 3.95. The van der Waals surface area contributed by atoms with Crippen LogP contribution in [0.5, 0.6) is 0 Å². The molecule has 0 N–H and O–H groups in total. The van der Waals surface area contributed by atoms with Crippen molar-refractivity contribution < 1.29 is 9.59 Å². The van der Waals surface area contributed by atoms with Gasteiger partial charge in [-0.15, -0.1) is 0 Å². The minimum absolute atomic E-state index is 0.184. The lowest BCUT2D eigenvalue weighted by Gasteiger charge is -2.35. The van der Waals surface area contributed by atoms with Crippen LogP contribution in [-0.2, 0) is 9.59 Å². The van der Waals surface area contributed by atoms with E-state index in [0.29, 0.717) is 36.9 Å². The van der Waals surface area contributed by atoms with E-state index < -0.39 is 0 Å². The molecule has 2 aliphatic rings. The smallest absolute Gasteiger partial charge is 0.223 e. The van der Waals surface area contributed by atoms with Crippen LogP contribution in [0, 0.1) is 11.8 Å². The fourth-order valence-corrected chi connectivity index (χ4v) is 2.77. The lowest BCUT2D eigenvalue weighted by Crippen LogP contribution is -2.44. The predicted octanol–water partition coefficient (Wildman–Crippen LogP) is 1.61. The lowest BCUT2D eigenvalue weighted by molar-refractivity contribution is -0.133. The van der Waals surface area contributed by atoms with Crippen LogP contribution in [0.1, 0.15) is 39.5 Å². The average Bonchev–Trinajstić information content (AvgIpc) is 2.50. The summed E-state index contributed by atoms with van der Waals surface area (Å²) in [5.41, 5.74) is 0. The molecule has 3 atom stereocenters. The summed E-state index contributed by atoms with van der Waals surface area (Å²) in [6.07, 6.45) is 2.90. The van der Waals surface area contributed by atoms with Crippen molar-refractivity contribution in [2.24, 2.45) is 11.8 Å². The molecule has 0 aromatic heterocycles. The molecule has 3 unspecified atom stereocenters. The van der Waals surface area contributed by atoms with Crippen molar-refractivity contribution in [1.29, 1.82) is 0 Å². The molecule has 1 saturated carbocycles. The molecule has 0 aromatic carbocycles. The van der Waals surface area contributed by atoms with Gasteiger partial charge in [0.15, 0.2) is 0 Å². The Balaban J connectivity index is 2.08. The summed E-state index contributed by atoms with van der Waals surface area (Å²) < 4.78 is 0. The van der Waals surface area contributed by atoms with Gasteiger partial charge in [0.25, 0.3) is 0 Å². The fourth-order valence-electron chi connectivity index (χ4n) is 2.77. The van der Waals surface area contributed by atoms with Crippen LogP contribution < -0.4 is 0 Å². The normalized spacial score (nSPS) is 37.5. The molecule has 3 nitrogen and oxygen atoms in total. The van der Waals surface area contributed by atoms with E-state index in [0.717, 1.165) is 13.0 Å². The van der Waals surface area contributed by atoms with E-state index in [1.54, 1.807) is 0 Å². The first-order valence-corrected chi connectivity index (χ1v) is 5.89. The van der Waals surface area contributed by atoms with Crippen molar-refractivity contribution in [3.8, 4) is 0 Å². The van der Waals surface area contributed by atoms with Gasteiger partial charge in [0.1, 0.15) is 5.78 Å². The standard InChI is InChI=1S/C12H19NO2/c1-8-5-12(15)13(7-8)11-6-10(14)4-3-9(11)2/h8-9,11H,3-7H2,1-2H3. The van der Waals surface area contributed by atoms with E-state index in [9.17, 15) is 9.59 Å². The zero-order valence-corrected chi connectivity index (χ0v) is 9.53. The van der Waals surface area contributed by atoms with E-state index in [4.69, 9.17) is 0 Å². The molecular weight excluding hydrogens is 190 g/mol. The highest BCUT2D eigenvalue weighted by molar-refractivity contribution is 5.83. The molecule has 1 amide bonds. The molecule has 0 aromatic rings. The van der Waals surface area contributed by atoms with Crippen molar-refractivity contribution in [3.05, 3.63) is 0 Å². The van der Waals surface area contributed by atoms with Gasteiger partial charge in [-0.2, -0.15) is 0 Å². The molecule has 1 saturated heterocycles. The summed E-state index contributed by atoms with van der Waals surface area (Å²) >= 11 is 0. The highest BCUT2D eigenvalue weighted by Gasteiger charge is 2.37. The first kappa shape index (κ1) is 10.7. The van der Waals surface area contributed by atoms with Gasteiger partial charge in [-0.05, 0) is 18.3 Å². The summed E-state index contributed by atoms with van der Waals surface area (Å²) in [5.74, 6) is 1.51. The molecule has 0 bridgehead atoms. The maximum atomic E-state index is 11.8. The third-order valence-corrected chi connectivity index (χ3v) is 3.72. The largest absolute Gasteiger partial charge is 0.339 e. The maximum absolute atomic E-state index is 11.8. The second-order valence-electron chi connectivity index (χ2n) is 5.18. The molecule has 1 aliphatic carbocycles. The van der Waals surface area contributed by atoms with Crippen molar-refractivity contribution in [3.63, 3.8) is 0 Å². The van der Waals surface area contributed by atoms with Crippen molar-refractivity contribution >= 4 is 11.7 Å². The van der Waals surface area contributed by atoms with Gasteiger partial charge in [0.2, 0.25) is 5.91 Å². The van der Waals surface area contributed by atoms with E-state index in [2.05, 4.69) is 13.8 Å². The van der Waals surface area contributed by atoms with E-state index in [-0.39, 0.29) is 11.9 Å². The third kappa shape index (κ3) is 2.06. The quantitative estimate of drug-likeness (QED) is 0.658. The van der Waals surface area contributed by atoms with Crippen LogP contribution in [-0.4, -0.2) is 29.2 Å². The minimum atomic E-state index is 0.184. The molecule has 3 heteroatoms. The first-order chi connectivity index (χ1) is 7.08. The van der Waals surface area contributed by atoms with Gasteiger partial charge < -0.3 is 4.90 Å². The van der Waals surface area contributed by atoms with Gasteiger partial charge in [-0.1, -0.05) is 13.8 Å². The Morgan fingerprint density at radius 2 is 1.93 bits per heavy atom. The Hall–Kier alpha value is -0.860. The lowest BCUT2D eigenvalue weighted by atomic mass is 9.84. The Bertz CT molecular complexity index is 287. The zero-order chi connectivity index (χ0) is 11.0. The summed E-state index contributed by atoms with van der Waals surface area (Å²) in [6, 6.07) is 0.184. The summed E-state index contributed by atoms with van der Waals surface area (Å²) in [4.78, 5) is 25.1. The third-order valence-electron chi connectivity index (χ3n) is 3.72. The average molecular weight is 209 g/mol. The number of hydrogen-bond acceptors (Lipinski definition) is 2. The minimum Gasteiger partial charge on any atom is -0.339 e. The number of likely N-dealkylation sites (tertiary alicyclic amines) is 1. The Morgan fingerprint density at radius 3 is 2.53 bits per heavy atom. The van der Waals surface area contributed by atoms with Crippen LogP contribution in [0.2, 0.25) is 0 Å². The molecule has 0 spiro atoms. The van der Waals surface area contributed by atoms with Gasteiger partial charge in [0, 0.05) is 31.8 Å². The van der Waals surface area contributed by atoms with Crippen molar-refractivity contribution in [1.82, 2.24) is 4.90 Å². The van der Waals surface area contributed by atoms with Crippen LogP contribution in [0.15, 0.2) is 0 Å². The molecule has 15 heavy (non-hydrogen) atoms. The van der Waals surface area contributed by atoms with Crippen LogP contribution in [0.3, 0.4) is 0 Å². The van der Waals surface area contributed by atoms with Crippen LogP contribution in [0.4, 0.5) is 0 Å². The fraction of sp³-hybridized carbons (Fsp3) is 0.833. The number of ketones is 1. The van der Waals surface area contributed by atoms with E-state index in [1.807, 2.05) is 4.90 Å². The number of hydrogen-bond donors (Lipinski definition) is 0. The number of carbonyl (C=O) groups excluding carboxylic acids is 2. The highest BCUT2D eigenvalue weighted by atomic mass is 16.2. The van der Waals surface area contributed by atoms with Crippen LogP contribution >= 0.6 is 0 Å². The van der Waals surface area contributed by atoms with Crippen LogP contribution in [0.25, 0.3) is 0 Å². The van der Waals surface area contributed by atoms with Gasteiger partial charge in [0.05, 0.1) is 0 Å². The topological polar surface area (TPSA) is 37.4 Å². The zero-order valence-electron chi connectivity index (χ0n) is 9.53. The number of rotatable bonds is 1. The van der Waals surface area contributed by atoms with Gasteiger partial charge in [-0.3, -0.25) is 9.59 Å². The Kier molecular flexibility index (Phi) is 2.81. The monoisotopic (exact) mass is 209 g/mol. The molecule has 84 valence electrons. The van der Waals surface area contributed by atoms with Crippen molar-refractivity contribution in [2.45, 2.75) is 45.6 Å². The SMILES string of the molecule is CC1CC(=O)N(C2CC(=O)CCC2C)C1. The number of nitrogens with zero attached hydrogens (tertiary/aromatic N) is 1. The van der Waals surface area contributed by atoms with Gasteiger partial charge >= 0.3 is 0 Å². The maximum Gasteiger partial charge on any atom is 0.223 e. The van der Waals surface area contributed by atoms with E-state index in [1.165, 1.54) is 0 Å². The summed E-state index contributed by atoms with van der Waals surface area (Å²) in [6.45, 7) is 5.11. The number of amides is 1. The number of Topliss-reactive ketones (excluding diaryl/α,β-unsaturated/α-hetero) is 1. The molecule has 2 fully saturated rings. The number of carbonyl (C=O) groups is 2. The summed E-state index contributed by atoms with van der Waals surface area (Å²) in [7, 11) is 0. The first-order valence-electron chi connectivity index (χ1n) is 5.89. The molecule has 1 heterocycles. The molecular formula is C12H19NO2. The molecule has 0 radical (unpaired) electrons. The van der Waals surface area contributed by atoms with Gasteiger partial charge in [-0.25, -0.2) is 0 Å². The van der Waals surface area contributed by atoms with E-state index >= 15 is 0 Å². The highest BCUT2D eigenvalue weighted by Crippen LogP contribution is 2.30. The Morgan fingerprint density at radius 1 is 1.20 bits per heavy atom. The Labute approximate surface area is 90.8 Å². The molecule has 2 rings (SSSR count). The van der Waals surface area contributed by atoms with Crippen molar-refractivity contribution in [2.75, 3.05) is 6.54 Å². The second-order valence-corrected chi connectivity index (χ2v) is 5.18.